The summed E-state index contributed by atoms with van der Waals surface area (Å²) in [7, 11) is 3.66. The molecule has 0 aliphatic carbocycles. The minimum atomic E-state index is 0.814. The van der Waals surface area contributed by atoms with E-state index in [9.17, 15) is 0 Å². The number of aromatic nitrogens is 2. The van der Waals surface area contributed by atoms with E-state index in [0.29, 0.717) is 0 Å². The van der Waals surface area contributed by atoms with Gasteiger partial charge in [-0.15, -0.1) is 0 Å². The Hall–Kier alpha value is -2.49. The number of nitrogens with one attached hydrogen (secondary N) is 1. The number of hydrogen-bond donors (Lipinski definition) is 1. The second-order valence-corrected chi connectivity index (χ2v) is 4.34. The molecule has 0 aliphatic rings. The molecule has 1 aromatic heterocycles. The maximum atomic E-state index is 5.21. The number of ether oxygens (including phenoxy) is 1. The molecule has 0 atom stereocenters. The number of anilines is 2. The first kappa shape index (κ1) is 11.6. The molecular weight excluding hydrogens is 238 g/mol. The molecule has 1 heterocycles. The van der Waals surface area contributed by atoms with Gasteiger partial charge in [-0.25, -0.2) is 4.98 Å². The summed E-state index contributed by atoms with van der Waals surface area (Å²) >= 11 is 0. The number of hydrogen-bond acceptors (Lipinski definition) is 3. The second kappa shape index (κ2) is 4.65. The molecule has 0 spiro atoms. The largest absolute Gasteiger partial charge is 0.497 e. The summed E-state index contributed by atoms with van der Waals surface area (Å²) in [4.78, 5) is 4.57. The van der Waals surface area contributed by atoms with E-state index in [4.69, 9.17) is 4.74 Å². The zero-order chi connectivity index (χ0) is 13.2. The van der Waals surface area contributed by atoms with Crippen LogP contribution in [0.4, 0.5) is 11.6 Å². The van der Waals surface area contributed by atoms with Crippen LogP contribution in [0.25, 0.3) is 11.0 Å². The first-order valence-corrected chi connectivity index (χ1v) is 6.10. The number of aryl methyl sites for hydroxylation is 1. The van der Waals surface area contributed by atoms with Crippen LogP contribution in [0.1, 0.15) is 0 Å². The van der Waals surface area contributed by atoms with Crippen LogP contribution in [0, 0.1) is 0 Å². The zero-order valence-electron chi connectivity index (χ0n) is 10.9. The molecule has 19 heavy (non-hydrogen) atoms. The SMILES string of the molecule is COc1cccc(Nc2nc3ccccc3n2C)c1. The smallest absolute Gasteiger partial charge is 0.208 e. The molecule has 0 fully saturated rings. The monoisotopic (exact) mass is 253 g/mol. The molecule has 4 heteroatoms. The number of methoxy groups -OCH3 is 1. The minimum Gasteiger partial charge on any atom is -0.497 e. The van der Waals surface area contributed by atoms with E-state index in [0.717, 1.165) is 28.4 Å². The lowest BCUT2D eigenvalue weighted by Gasteiger charge is -2.07. The van der Waals surface area contributed by atoms with Crippen molar-refractivity contribution in [2.24, 2.45) is 7.05 Å². The summed E-state index contributed by atoms with van der Waals surface area (Å²) in [6, 6.07) is 15.9. The summed E-state index contributed by atoms with van der Waals surface area (Å²) in [6.07, 6.45) is 0. The van der Waals surface area contributed by atoms with E-state index in [1.54, 1.807) is 7.11 Å². The van der Waals surface area contributed by atoms with Gasteiger partial charge < -0.3 is 14.6 Å². The molecule has 3 rings (SSSR count). The lowest BCUT2D eigenvalue weighted by Crippen LogP contribution is -1.99. The van der Waals surface area contributed by atoms with Crippen LogP contribution in [0.5, 0.6) is 5.75 Å². The van der Waals surface area contributed by atoms with Gasteiger partial charge in [-0.1, -0.05) is 18.2 Å². The van der Waals surface area contributed by atoms with Crippen LogP contribution >= 0.6 is 0 Å². The maximum Gasteiger partial charge on any atom is 0.208 e. The summed E-state index contributed by atoms with van der Waals surface area (Å²) in [5.41, 5.74) is 3.04. The third-order valence-corrected chi connectivity index (χ3v) is 3.11. The quantitative estimate of drug-likeness (QED) is 0.778. The van der Waals surface area contributed by atoms with Crippen molar-refractivity contribution in [3.05, 3.63) is 48.5 Å². The number of imidazole rings is 1. The third kappa shape index (κ3) is 2.12. The third-order valence-electron chi connectivity index (χ3n) is 3.11. The summed E-state index contributed by atoms with van der Waals surface area (Å²) in [6.45, 7) is 0. The fourth-order valence-electron chi connectivity index (χ4n) is 2.09. The first-order chi connectivity index (χ1) is 9.28. The molecule has 0 saturated heterocycles. The van der Waals surface area contributed by atoms with Crippen LogP contribution < -0.4 is 10.1 Å². The summed E-state index contributed by atoms with van der Waals surface area (Å²) < 4.78 is 7.25. The topological polar surface area (TPSA) is 39.1 Å². The van der Waals surface area contributed by atoms with Crippen molar-refractivity contribution in [1.82, 2.24) is 9.55 Å². The van der Waals surface area contributed by atoms with E-state index < -0.39 is 0 Å². The number of fused-ring (bicyclic) bond motifs is 1. The highest BCUT2D eigenvalue weighted by atomic mass is 16.5. The number of rotatable bonds is 3. The average Bonchev–Trinajstić information content (AvgIpc) is 2.76. The van der Waals surface area contributed by atoms with Crippen LogP contribution in [-0.4, -0.2) is 16.7 Å². The van der Waals surface area contributed by atoms with E-state index in [1.165, 1.54) is 0 Å². The van der Waals surface area contributed by atoms with Crippen molar-refractivity contribution in [3.8, 4) is 5.75 Å². The summed E-state index contributed by atoms with van der Waals surface area (Å²) in [5, 5.41) is 3.31. The normalized spacial score (nSPS) is 10.6. The highest BCUT2D eigenvalue weighted by Crippen LogP contribution is 2.23. The van der Waals surface area contributed by atoms with Crippen molar-refractivity contribution in [2.45, 2.75) is 0 Å². The lowest BCUT2D eigenvalue weighted by molar-refractivity contribution is 0.415. The van der Waals surface area contributed by atoms with Crippen LogP contribution in [-0.2, 0) is 7.05 Å². The predicted octanol–water partition coefficient (Wildman–Crippen LogP) is 3.33. The van der Waals surface area contributed by atoms with Gasteiger partial charge in [0.25, 0.3) is 0 Å². The average molecular weight is 253 g/mol. The first-order valence-electron chi connectivity index (χ1n) is 6.10. The molecule has 0 amide bonds. The summed E-state index contributed by atoms with van der Waals surface area (Å²) in [5.74, 6) is 1.64. The second-order valence-electron chi connectivity index (χ2n) is 4.34. The van der Waals surface area contributed by atoms with Gasteiger partial charge in [0.1, 0.15) is 5.75 Å². The molecule has 3 aromatic rings. The number of para-hydroxylation sites is 2. The van der Waals surface area contributed by atoms with Crippen LogP contribution in [0.3, 0.4) is 0 Å². The molecule has 0 radical (unpaired) electrons. The molecule has 1 N–H and O–H groups in total. The standard InChI is InChI=1S/C15H15N3O/c1-18-14-9-4-3-8-13(14)17-15(18)16-11-6-5-7-12(10-11)19-2/h3-10H,1-2H3,(H,16,17). The van der Waals surface area contributed by atoms with Crippen LogP contribution in [0.15, 0.2) is 48.5 Å². The van der Waals surface area contributed by atoms with Gasteiger partial charge in [-0.05, 0) is 24.3 Å². The van der Waals surface area contributed by atoms with Gasteiger partial charge in [0.15, 0.2) is 0 Å². The highest BCUT2D eigenvalue weighted by molar-refractivity contribution is 5.79. The van der Waals surface area contributed by atoms with Crippen molar-refractivity contribution >= 4 is 22.7 Å². The van der Waals surface area contributed by atoms with E-state index >= 15 is 0 Å². The Kier molecular flexibility index (Phi) is 2.83. The molecule has 0 unspecified atom stereocenters. The minimum absolute atomic E-state index is 0.814. The Morgan fingerprint density at radius 2 is 1.95 bits per heavy atom. The maximum absolute atomic E-state index is 5.21. The molecule has 0 bridgehead atoms. The Balaban J connectivity index is 1.98. The fourth-order valence-corrected chi connectivity index (χ4v) is 2.09. The van der Waals surface area contributed by atoms with Crippen molar-refractivity contribution in [1.29, 1.82) is 0 Å². The van der Waals surface area contributed by atoms with Gasteiger partial charge in [0.05, 0.1) is 18.1 Å². The van der Waals surface area contributed by atoms with Gasteiger partial charge in [-0.3, -0.25) is 0 Å². The van der Waals surface area contributed by atoms with Crippen molar-refractivity contribution in [3.63, 3.8) is 0 Å². The molecule has 0 aliphatic heterocycles. The molecule has 0 saturated carbocycles. The van der Waals surface area contributed by atoms with Gasteiger partial charge >= 0.3 is 0 Å². The van der Waals surface area contributed by atoms with E-state index in [-0.39, 0.29) is 0 Å². The highest BCUT2D eigenvalue weighted by Gasteiger charge is 2.07. The fraction of sp³-hybridized carbons (Fsp3) is 0.133. The Morgan fingerprint density at radius 1 is 1.11 bits per heavy atom. The molecular formula is C15H15N3O. The van der Waals surface area contributed by atoms with Crippen molar-refractivity contribution in [2.75, 3.05) is 12.4 Å². The van der Waals surface area contributed by atoms with E-state index in [1.807, 2.05) is 54.1 Å². The molecule has 2 aromatic carbocycles. The zero-order valence-corrected chi connectivity index (χ0v) is 10.9. The lowest BCUT2D eigenvalue weighted by atomic mass is 10.3. The van der Waals surface area contributed by atoms with Gasteiger partial charge in [-0.2, -0.15) is 0 Å². The Labute approximate surface area is 111 Å². The Morgan fingerprint density at radius 3 is 2.74 bits per heavy atom. The number of benzene rings is 2. The molecule has 4 nitrogen and oxygen atoms in total. The van der Waals surface area contributed by atoms with Gasteiger partial charge in [0, 0.05) is 18.8 Å². The number of nitrogens with zero attached hydrogens (tertiary/aromatic N) is 2. The van der Waals surface area contributed by atoms with E-state index in [2.05, 4.69) is 16.4 Å². The van der Waals surface area contributed by atoms with Gasteiger partial charge in [0.2, 0.25) is 5.95 Å². The van der Waals surface area contributed by atoms with Crippen LogP contribution in [0.2, 0.25) is 0 Å². The van der Waals surface area contributed by atoms with Crippen molar-refractivity contribution < 1.29 is 4.74 Å². The predicted molar refractivity (Wildman–Crippen MR) is 77.0 cm³/mol. The Bertz CT molecular complexity index is 718. The molecule has 96 valence electrons.